The number of rotatable bonds is 6. The Hall–Kier alpha value is -3.83. The number of carbonyl (C=O) groups excluding carboxylic acids is 1. The molecule has 0 atom stereocenters. The zero-order chi connectivity index (χ0) is 24.0. The number of hydrogen-bond acceptors (Lipinski definition) is 3. The maximum atomic E-state index is 13.1. The van der Waals surface area contributed by atoms with E-state index in [1.807, 2.05) is 0 Å². The Bertz CT molecular complexity index is 1230. The number of carbonyl (C=O) groups is 1. The lowest BCUT2D eigenvalue weighted by molar-refractivity contribution is -0.137. The van der Waals surface area contributed by atoms with Crippen LogP contribution in [-0.2, 0) is 17.6 Å². The van der Waals surface area contributed by atoms with Gasteiger partial charge in [-0.3, -0.25) is 4.79 Å². The summed E-state index contributed by atoms with van der Waals surface area (Å²) in [6, 6.07) is 16.0. The molecule has 0 radical (unpaired) electrons. The van der Waals surface area contributed by atoms with Crippen molar-refractivity contribution in [1.82, 2.24) is 0 Å². The quantitative estimate of drug-likeness (QED) is 0.248. The van der Waals surface area contributed by atoms with Crippen LogP contribution in [-0.4, -0.2) is 5.91 Å². The average molecular weight is 475 g/mol. The van der Waals surface area contributed by atoms with Gasteiger partial charge in [-0.25, -0.2) is 4.39 Å². The minimum atomic E-state index is -4.58. The number of nitrogens with one attached hydrogen (secondary N) is 1. The molecule has 1 N–H and O–H groups in total. The van der Waals surface area contributed by atoms with Gasteiger partial charge in [-0.2, -0.15) is 18.4 Å². The molecule has 0 aromatic heterocycles. The number of halogens is 5. The second kappa shape index (κ2) is 10.2. The highest BCUT2D eigenvalue weighted by Crippen LogP contribution is 2.31. The molecule has 0 aliphatic rings. The van der Waals surface area contributed by atoms with Crippen molar-refractivity contribution in [3.8, 4) is 11.8 Å². The SMILES string of the molecule is N#C/C(=C\c1cc(Cl)ccc1OCc1ccc(F)cc1)C(=O)Nc1cccc(C(F)(F)F)c1. The number of hydrogen-bond donors (Lipinski definition) is 1. The van der Waals surface area contributed by atoms with E-state index < -0.39 is 17.6 Å². The van der Waals surface area contributed by atoms with Gasteiger partial charge in [0.05, 0.1) is 5.56 Å². The predicted octanol–water partition coefficient (Wildman–Crippen LogP) is 6.62. The largest absolute Gasteiger partial charge is 0.488 e. The van der Waals surface area contributed by atoms with Crippen molar-refractivity contribution in [1.29, 1.82) is 5.26 Å². The van der Waals surface area contributed by atoms with Gasteiger partial charge >= 0.3 is 6.18 Å². The van der Waals surface area contributed by atoms with Crippen molar-refractivity contribution in [3.63, 3.8) is 0 Å². The Morgan fingerprint density at radius 3 is 2.48 bits per heavy atom. The third kappa shape index (κ3) is 6.57. The van der Waals surface area contributed by atoms with Crippen LogP contribution in [0.4, 0.5) is 23.2 Å². The third-order valence-corrected chi connectivity index (χ3v) is 4.63. The number of alkyl halides is 3. The van der Waals surface area contributed by atoms with Crippen LogP contribution in [0, 0.1) is 17.1 Å². The fourth-order valence-corrected chi connectivity index (χ4v) is 2.96. The molecular weight excluding hydrogens is 460 g/mol. The monoisotopic (exact) mass is 474 g/mol. The van der Waals surface area contributed by atoms with Crippen molar-refractivity contribution in [2.75, 3.05) is 5.32 Å². The third-order valence-electron chi connectivity index (χ3n) is 4.39. The molecule has 0 saturated carbocycles. The predicted molar refractivity (Wildman–Crippen MR) is 116 cm³/mol. The van der Waals surface area contributed by atoms with Gasteiger partial charge in [0, 0.05) is 16.3 Å². The van der Waals surface area contributed by atoms with Crippen LogP contribution >= 0.6 is 11.6 Å². The van der Waals surface area contributed by atoms with E-state index in [2.05, 4.69) is 5.32 Å². The van der Waals surface area contributed by atoms with Gasteiger partial charge in [-0.15, -0.1) is 0 Å². The molecule has 3 aromatic rings. The Balaban J connectivity index is 1.82. The highest BCUT2D eigenvalue weighted by molar-refractivity contribution is 6.30. The number of nitrogens with zero attached hydrogens (tertiary/aromatic N) is 1. The van der Waals surface area contributed by atoms with Gasteiger partial charge in [-0.1, -0.05) is 29.8 Å². The summed E-state index contributed by atoms with van der Waals surface area (Å²) in [6.07, 6.45) is -3.36. The summed E-state index contributed by atoms with van der Waals surface area (Å²) in [5, 5.41) is 12.0. The van der Waals surface area contributed by atoms with Gasteiger partial charge in [0.15, 0.2) is 0 Å². The summed E-state index contributed by atoms with van der Waals surface area (Å²) in [6.45, 7) is 0.0844. The van der Waals surface area contributed by atoms with Crippen molar-refractivity contribution >= 4 is 29.3 Å². The molecule has 0 heterocycles. The maximum absolute atomic E-state index is 13.1. The molecule has 168 valence electrons. The lowest BCUT2D eigenvalue weighted by Crippen LogP contribution is -2.14. The van der Waals surface area contributed by atoms with Crippen LogP contribution in [0.15, 0.2) is 72.3 Å². The Kier molecular flexibility index (Phi) is 7.36. The fraction of sp³-hybridized carbons (Fsp3) is 0.0833. The van der Waals surface area contributed by atoms with Crippen molar-refractivity contribution in [2.45, 2.75) is 12.8 Å². The van der Waals surface area contributed by atoms with Gasteiger partial charge in [0.1, 0.15) is 29.8 Å². The number of nitriles is 1. The van der Waals surface area contributed by atoms with Crippen LogP contribution in [0.5, 0.6) is 5.75 Å². The van der Waals surface area contributed by atoms with Crippen LogP contribution in [0.2, 0.25) is 5.02 Å². The van der Waals surface area contributed by atoms with E-state index in [-0.39, 0.29) is 23.7 Å². The summed E-state index contributed by atoms with van der Waals surface area (Å²) in [4.78, 5) is 12.5. The van der Waals surface area contributed by atoms with Gasteiger partial charge in [0.2, 0.25) is 0 Å². The summed E-state index contributed by atoms with van der Waals surface area (Å²) >= 11 is 6.03. The molecule has 3 aromatic carbocycles. The molecule has 0 saturated heterocycles. The number of benzene rings is 3. The first-order valence-electron chi connectivity index (χ1n) is 9.43. The second-order valence-electron chi connectivity index (χ2n) is 6.80. The van der Waals surface area contributed by atoms with E-state index in [0.29, 0.717) is 21.9 Å². The van der Waals surface area contributed by atoms with Crippen LogP contribution in [0.1, 0.15) is 16.7 Å². The van der Waals surface area contributed by atoms with E-state index in [1.165, 1.54) is 36.4 Å². The number of ether oxygens (including phenoxy) is 1. The Morgan fingerprint density at radius 1 is 1.09 bits per heavy atom. The van der Waals surface area contributed by atoms with E-state index in [0.717, 1.165) is 18.2 Å². The Labute approximate surface area is 191 Å². The smallest absolute Gasteiger partial charge is 0.416 e. The minimum absolute atomic E-state index is 0.0844. The van der Waals surface area contributed by atoms with E-state index in [1.54, 1.807) is 24.3 Å². The van der Waals surface area contributed by atoms with Crippen LogP contribution in [0.25, 0.3) is 6.08 Å². The molecule has 9 heteroatoms. The van der Waals surface area contributed by atoms with Gasteiger partial charge < -0.3 is 10.1 Å². The van der Waals surface area contributed by atoms with Crippen LogP contribution in [0.3, 0.4) is 0 Å². The summed E-state index contributed by atoms with van der Waals surface area (Å²) in [7, 11) is 0. The molecule has 33 heavy (non-hydrogen) atoms. The summed E-state index contributed by atoms with van der Waals surface area (Å²) < 4.78 is 57.5. The molecule has 3 rings (SSSR count). The zero-order valence-corrected chi connectivity index (χ0v) is 17.5. The maximum Gasteiger partial charge on any atom is 0.416 e. The number of anilines is 1. The fourth-order valence-electron chi connectivity index (χ4n) is 2.78. The van der Waals surface area contributed by atoms with Gasteiger partial charge in [0.25, 0.3) is 5.91 Å². The van der Waals surface area contributed by atoms with Crippen molar-refractivity contribution in [2.24, 2.45) is 0 Å². The lowest BCUT2D eigenvalue weighted by Gasteiger charge is -2.11. The molecular formula is C24H15ClF4N2O2. The molecule has 0 aliphatic carbocycles. The molecule has 0 unspecified atom stereocenters. The number of amides is 1. The van der Waals surface area contributed by atoms with E-state index >= 15 is 0 Å². The molecule has 0 aliphatic heterocycles. The first-order valence-corrected chi connectivity index (χ1v) is 9.81. The van der Waals surface area contributed by atoms with Crippen molar-refractivity contribution < 1.29 is 27.1 Å². The molecule has 0 bridgehead atoms. The lowest BCUT2D eigenvalue weighted by atomic mass is 10.1. The molecule has 0 spiro atoms. The summed E-state index contributed by atoms with van der Waals surface area (Å²) in [5.74, 6) is -0.996. The second-order valence-corrected chi connectivity index (χ2v) is 7.24. The summed E-state index contributed by atoms with van der Waals surface area (Å²) in [5.41, 5.74) is -0.435. The van der Waals surface area contributed by atoms with Crippen molar-refractivity contribution in [3.05, 3.63) is 99.8 Å². The highest BCUT2D eigenvalue weighted by Gasteiger charge is 2.30. The zero-order valence-electron chi connectivity index (χ0n) is 16.8. The standard InChI is InChI=1S/C24H15ClF4N2O2/c25-19-6-9-22(33-14-15-4-7-20(26)8-5-15)16(11-19)10-17(13-30)23(32)31-21-3-1-2-18(12-21)24(27,28)29/h1-12H,14H2,(H,31,32)/b17-10+. The van der Waals surface area contributed by atoms with E-state index in [4.69, 9.17) is 16.3 Å². The van der Waals surface area contributed by atoms with Crippen LogP contribution < -0.4 is 10.1 Å². The van der Waals surface area contributed by atoms with Gasteiger partial charge in [-0.05, 0) is 60.2 Å². The topological polar surface area (TPSA) is 62.1 Å². The average Bonchev–Trinajstić information content (AvgIpc) is 2.77. The Morgan fingerprint density at radius 2 is 1.82 bits per heavy atom. The highest BCUT2D eigenvalue weighted by atomic mass is 35.5. The first-order chi connectivity index (χ1) is 15.7. The molecule has 4 nitrogen and oxygen atoms in total. The first kappa shape index (κ1) is 23.8. The molecule has 0 fully saturated rings. The minimum Gasteiger partial charge on any atom is -0.488 e. The molecule has 1 amide bonds. The van der Waals surface area contributed by atoms with E-state index in [9.17, 15) is 27.6 Å². The normalized spacial score (nSPS) is 11.6.